The Kier molecular flexibility index (Phi) is 36.5. The molecule has 0 radical (unpaired) electrons. The van der Waals surface area contributed by atoms with E-state index in [2.05, 4.69) is 59.4 Å². The number of carbonyl (C=O) groups excluding carboxylic acids is 2. The summed E-state index contributed by atoms with van der Waals surface area (Å²) in [4.78, 5) is 52.7. The van der Waals surface area contributed by atoms with Gasteiger partial charge in [-0.05, 0) is 70.6 Å². The molecular weight excluding hydrogens is 806 g/mol. The summed E-state index contributed by atoms with van der Waals surface area (Å²) >= 11 is 0. The zero-order chi connectivity index (χ0) is 44.0. The highest BCUT2D eigenvalue weighted by Crippen LogP contribution is 2.43. The lowest BCUT2D eigenvalue weighted by Gasteiger charge is -2.20. The van der Waals surface area contributed by atoms with Crippen molar-refractivity contribution in [3.05, 3.63) is 48.6 Å². The summed E-state index contributed by atoms with van der Waals surface area (Å²) in [6, 6.07) is 0. The molecule has 15 nitrogen and oxygen atoms in total. The topological polar surface area (TPSA) is 236 Å². The van der Waals surface area contributed by atoms with Crippen LogP contribution in [0, 0.1) is 0 Å². The van der Waals surface area contributed by atoms with Gasteiger partial charge in [-0.15, -0.1) is 0 Å². The van der Waals surface area contributed by atoms with Gasteiger partial charge in [0.2, 0.25) is 0 Å². The molecule has 344 valence electrons. The van der Waals surface area contributed by atoms with Crippen LogP contribution in [0.5, 0.6) is 0 Å². The molecule has 0 saturated carbocycles. The molecule has 59 heavy (non-hydrogen) atoms. The van der Waals surface area contributed by atoms with Crippen molar-refractivity contribution in [3.8, 4) is 0 Å². The largest absolute Gasteiger partial charge is 0.472 e. The maximum atomic E-state index is 12.7. The Bertz CT molecular complexity index is 1270. The number of ether oxygens (including phenoxy) is 2. The molecule has 0 rings (SSSR count). The predicted molar refractivity (Wildman–Crippen MR) is 228 cm³/mol. The van der Waals surface area contributed by atoms with Gasteiger partial charge in [0.05, 0.1) is 32.0 Å². The second-order valence-corrected chi connectivity index (χ2v) is 17.2. The number of phosphoric acid groups is 2. The molecule has 0 amide bonds. The monoisotopic (exact) mass is 882 g/mol. The van der Waals surface area contributed by atoms with Crippen LogP contribution in [0.15, 0.2) is 48.6 Å². The number of unbranched alkanes of at least 4 members (excludes halogenated alkanes) is 12. The summed E-state index contributed by atoms with van der Waals surface area (Å²) in [5.74, 6) is -1.17. The van der Waals surface area contributed by atoms with Crippen LogP contribution in [0.2, 0.25) is 0 Å². The average molecular weight is 883 g/mol. The molecule has 0 spiro atoms. The average Bonchev–Trinajstić information content (AvgIpc) is 3.19. The Labute approximate surface area is 353 Å². The maximum absolute atomic E-state index is 12.7. The van der Waals surface area contributed by atoms with Crippen molar-refractivity contribution < 1.29 is 71.8 Å². The molecular formula is C42H76O15P2. The van der Waals surface area contributed by atoms with Crippen molar-refractivity contribution in [1.82, 2.24) is 0 Å². The van der Waals surface area contributed by atoms with Gasteiger partial charge in [0.25, 0.3) is 0 Å². The fourth-order valence-electron chi connectivity index (χ4n) is 5.50. The molecule has 0 aromatic heterocycles. The third-order valence-electron chi connectivity index (χ3n) is 8.89. The van der Waals surface area contributed by atoms with E-state index in [1.165, 1.54) is 6.42 Å². The van der Waals surface area contributed by atoms with Crippen LogP contribution in [0.25, 0.3) is 0 Å². The molecule has 5 atom stereocenters. The standard InChI is InChI=1S/C42H76O15P2/c1-3-5-7-9-11-12-13-14-15-16-17-18-19-23-27-31-41(46)53-35-38(36-56-59(51,52)55-34-37(43)33-54-58(48,49)50)57-42(47)32-28-24-20-22-26-30-40(45)39(44)29-25-21-10-8-6-4-2/h5,7,11-12,14-15,21,25,37-40,43-45H,3-4,6,8-10,13,16-20,22-24,26-36H2,1-2H3,(H,51,52)(H2,48,49,50)/b7-5-,12-11-,15-14-,25-21-/t37-,38+,39-,40-/m0/s1. The van der Waals surface area contributed by atoms with Gasteiger partial charge in [-0.25, -0.2) is 9.13 Å². The van der Waals surface area contributed by atoms with Gasteiger partial charge in [0.15, 0.2) is 6.10 Å². The molecule has 0 aliphatic rings. The number of hydrogen-bond donors (Lipinski definition) is 6. The van der Waals surface area contributed by atoms with Crippen LogP contribution in [0.1, 0.15) is 155 Å². The van der Waals surface area contributed by atoms with Crippen LogP contribution in [0.4, 0.5) is 0 Å². The van der Waals surface area contributed by atoms with E-state index in [-0.39, 0.29) is 12.8 Å². The first-order valence-corrected chi connectivity index (χ1v) is 24.5. The van der Waals surface area contributed by atoms with E-state index in [1.807, 2.05) is 12.2 Å². The number of esters is 2. The van der Waals surface area contributed by atoms with Crippen molar-refractivity contribution in [2.24, 2.45) is 0 Å². The smallest absolute Gasteiger partial charge is 0.462 e. The van der Waals surface area contributed by atoms with E-state index in [0.717, 1.165) is 89.9 Å². The van der Waals surface area contributed by atoms with Crippen molar-refractivity contribution in [2.75, 3.05) is 26.4 Å². The van der Waals surface area contributed by atoms with Gasteiger partial charge in [0, 0.05) is 12.8 Å². The van der Waals surface area contributed by atoms with E-state index >= 15 is 0 Å². The van der Waals surface area contributed by atoms with Gasteiger partial charge >= 0.3 is 27.6 Å². The summed E-state index contributed by atoms with van der Waals surface area (Å²) in [6.45, 7) is 1.38. The minimum atomic E-state index is -4.88. The SMILES string of the molecule is CC/C=C\C/C=C\C/C=C\CCCCCCCC(=O)OC[C@H](COP(=O)(O)OC[C@@H](O)COP(=O)(O)O)OC(=O)CCCCCCC[C@H](O)[C@@H](O)C/C=C\CCCCC. The van der Waals surface area contributed by atoms with Gasteiger partial charge < -0.3 is 39.5 Å². The summed E-state index contributed by atoms with van der Waals surface area (Å²) in [5.41, 5.74) is 0. The van der Waals surface area contributed by atoms with Crippen LogP contribution in [-0.2, 0) is 41.8 Å². The van der Waals surface area contributed by atoms with Gasteiger partial charge in [-0.3, -0.25) is 23.2 Å². The van der Waals surface area contributed by atoms with Crippen molar-refractivity contribution in [1.29, 1.82) is 0 Å². The fraction of sp³-hybridized carbons (Fsp3) is 0.762. The van der Waals surface area contributed by atoms with Crippen LogP contribution in [0.3, 0.4) is 0 Å². The van der Waals surface area contributed by atoms with Crippen molar-refractivity contribution in [2.45, 2.75) is 180 Å². The Morgan fingerprint density at radius 1 is 0.559 bits per heavy atom. The zero-order valence-electron chi connectivity index (χ0n) is 35.6. The van der Waals surface area contributed by atoms with E-state index < -0.39 is 78.4 Å². The second-order valence-electron chi connectivity index (χ2n) is 14.5. The van der Waals surface area contributed by atoms with Crippen LogP contribution in [-0.4, -0.2) is 92.8 Å². The van der Waals surface area contributed by atoms with E-state index in [9.17, 15) is 38.9 Å². The minimum Gasteiger partial charge on any atom is -0.462 e. The van der Waals surface area contributed by atoms with Crippen LogP contribution >= 0.6 is 15.6 Å². The molecule has 0 heterocycles. The summed E-state index contributed by atoms with van der Waals surface area (Å²) in [5, 5.41) is 30.2. The second kappa shape index (κ2) is 37.7. The Morgan fingerprint density at radius 3 is 1.73 bits per heavy atom. The predicted octanol–water partition coefficient (Wildman–Crippen LogP) is 8.61. The highest BCUT2D eigenvalue weighted by atomic mass is 31.2. The fourth-order valence-corrected chi connectivity index (χ4v) is 6.66. The molecule has 1 unspecified atom stereocenters. The van der Waals surface area contributed by atoms with E-state index in [1.54, 1.807) is 0 Å². The Balaban J connectivity index is 4.67. The summed E-state index contributed by atoms with van der Waals surface area (Å²) < 4.78 is 47.6. The number of allylic oxidation sites excluding steroid dienone is 7. The molecule has 0 aliphatic carbocycles. The summed E-state index contributed by atoms with van der Waals surface area (Å²) in [6.07, 6.45) is 29.8. The number of aliphatic hydroxyl groups is 3. The van der Waals surface area contributed by atoms with Gasteiger partial charge in [0.1, 0.15) is 12.7 Å². The van der Waals surface area contributed by atoms with Gasteiger partial charge in [-0.1, -0.05) is 120 Å². The van der Waals surface area contributed by atoms with Crippen LogP contribution < -0.4 is 0 Å². The number of rotatable bonds is 40. The minimum absolute atomic E-state index is 0.0270. The molecule has 0 bridgehead atoms. The molecule has 0 aromatic rings. The van der Waals surface area contributed by atoms with Crippen molar-refractivity contribution >= 4 is 27.6 Å². The Morgan fingerprint density at radius 2 is 1.08 bits per heavy atom. The maximum Gasteiger partial charge on any atom is 0.472 e. The molecule has 0 fully saturated rings. The number of carbonyl (C=O) groups is 2. The third-order valence-corrected chi connectivity index (χ3v) is 10.3. The lowest BCUT2D eigenvalue weighted by atomic mass is 10.0. The lowest BCUT2D eigenvalue weighted by molar-refractivity contribution is -0.161. The molecule has 17 heteroatoms. The first kappa shape index (κ1) is 57.0. The highest BCUT2D eigenvalue weighted by molar-refractivity contribution is 7.47. The normalized spacial score (nSPS) is 15.6. The number of aliphatic hydroxyl groups excluding tert-OH is 3. The number of phosphoric ester groups is 2. The quantitative estimate of drug-likeness (QED) is 0.0146. The van der Waals surface area contributed by atoms with E-state index in [0.29, 0.717) is 32.1 Å². The molecule has 0 saturated heterocycles. The summed E-state index contributed by atoms with van der Waals surface area (Å²) in [7, 11) is -9.74. The van der Waals surface area contributed by atoms with Crippen molar-refractivity contribution in [3.63, 3.8) is 0 Å². The molecule has 6 N–H and O–H groups in total. The third kappa shape index (κ3) is 39.9. The zero-order valence-corrected chi connectivity index (χ0v) is 37.4. The first-order chi connectivity index (χ1) is 28.2. The first-order valence-electron chi connectivity index (χ1n) is 21.5. The number of hydrogen-bond acceptors (Lipinski definition) is 12. The molecule has 0 aliphatic heterocycles. The Hall–Kier alpha value is -2.00. The lowest BCUT2D eigenvalue weighted by Crippen LogP contribution is -2.30. The molecule has 0 aromatic carbocycles. The van der Waals surface area contributed by atoms with E-state index in [4.69, 9.17) is 23.8 Å². The van der Waals surface area contributed by atoms with Gasteiger partial charge in [-0.2, -0.15) is 0 Å². The highest BCUT2D eigenvalue weighted by Gasteiger charge is 2.28.